The number of pyridine rings is 2. The minimum absolute atomic E-state index is 0.442. The van der Waals surface area contributed by atoms with E-state index in [-0.39, 0.29) is 0 Å². The van der Waals surface area contributed by atoms with Crippen molar-refractivity contribution in [3.8, 4) is 23.0 Å². The van der Waals surface area contributed by atoms with Gasteiger partial charge in [-0.15, -0.1) is 0 Å². The highest BCUT2D eigenvalue weighted by Crippen LogP contribution is 2.21. The molecule has 0 bridgehead atoms. The van der Waals surface area contributed by atoms with Gasteiger partial charge in [0.2, 0.25) is 0 Å². The molecule has 1 atom stereocenters. The van der Waals surface area contributed by atoms with Crippen LogP contribution in [-0.2, 0) is 0 Å². The SMILES string of the molecule is CC(CN1CCCC1)c1ccc(C#Cc2ccc(-c3ccc(Cl)cc3)cn2)cn1. The summed E-state index contributed by atoms with van der Waals surface area (Å²) in [6.07, 6.45) is 6.35. The van der Waals surface area contributed by atoms with Crippen molar-refractivity contribution >= 4 is 11.6 Å². The van der Waals surface area contributed by atoms with Gasteiger partial charge < -0.3 is 4.90 Å². The molecule has 3 heterocycles. The Morgan fingerprint density at radius 3 is 2.31 bits per heavy atom. The molecule has 1 aromatic carbocycles. The first kappa shape index (κ1) is 19.6. The quantitative estimate of drug-likeness (QED) is 0.548. The molecule has 1 aliphatic rings. The van der Waals surface area contributed by atoms with Gasteiger partial charge in [-0.05, 0) is 67.7 Å². The van der Waals surface area contributed by atoms with E-state index < -0.39 is 0 Å². The second-order valence-electron chi connectivity index (χ2n) is 7.57. The molecule has 0 saturated carbocycles. The average molecular weight is 402 g/mol. The molecule has 0 amide bonds. The Balaban J connectivity index is 1.40. The topological polar surface area (TPSA) is 29.0 Å². The number of halogens is 1. The molecular formula is C25H24ClN3. The fourth-order valence-corrected chi connectivity index (χ4v) is 3.76. The predicted octanol–water partition coefficient (Wildman–Crippen LogP) is 5.40. The number of aromatic nitrogens is 2. The van der Waals surface area contributed by atoms with Crippen molar-refractivity contribution in [2.24, 2.45) is 0 Å². The molecule has 1 aliphatic heterocycles. The van der Waals surface area contributed by atoms with Gasteiger partial charge in [-0.1, -0.05) is 42.6 Å². The van der Waals surface area contributed by atoms with Gasteiger partial charge in [-0.25, -0.2) is 4.98 Å². The summed E-state index contributed by atoms with van der Waals surface area (Å²) in [5.41, 5.74) is 4.92. The van der Waals surface area contributed by atoms with Crippen LogP contribution >= 0.6 is 11.6 Å². The van der Waals surface area contributed by atoms with E-state index in [1.807, 2.05) is 48.8 Å². The molecule has 0 radical (unpaired) electrons. The lowest BCUT2D eigenvalue weighted by Gasteiger charge is -2.19. The smallest absolute Gasteiger partial charge is 0.113 e. The minimum Gasteiger partial charge on any atom is -0.303 e. The van der Waals surface area contributed by atoms with Crippen LogP contribution in [0.3, 0.4) is 0 Å². The molecule has 4 heteroatoms. The summed E-state index contributed by atoms with van der Waals surface area (Å²) >= 11 is 5.95. The molecule has 3 nitrogen and oxygen atoms in total. The van der Waals surface area contributed by atoms with Gasteiger partial charge in [-0.2, -0.15) is 0 Å². The van der Waals surface area contributed by atoms with Gasteiger partial charge >= 0.3 is 0 Å². The summed E-state index contributed by atoms with van der Waals surface area (Å²) in [7, 11) is 0. The molecular weight excluding hydrogens is 378 g/mol. The molecule has 29 heavy (non-hydrogen) atoms. The van der Waals surface area contributed by atoms with Crippen LogP contribution < -0.4 is 0 Å². The van der Waals surface area contributed by atoms with E-state index in [0.717, 1.165) is 39.6 Å². The monoisotopic (exact) mass is 401 g/mol. The number of likely N-dealkylation sites (tertiary alicyclic amines) is 1. The summed E-state index contributed by atoms with van der Waals surface area (Å²) in [5, 5.41) is 0.731. The van der Waals surface area contributed by atoms with Crippen LogP contribution in [0.2, 0.25) is 5.02 Å². The molecule has 146 valence electrons. The van der Waals surface area contributed by atoms with Crippen LogP contribution in [0.25, 0.3) is 11.1 Å². The largest absolute Gasteiger partial charge is 0.303 e. The van der Waals surface area contributed by atoms with E-state index in [2.05, 4.69) is 45.8 Å². The molecule has 1 saturated heterocycles. The van der Waals surface area contributed by atoms with E-state index in [1.54, 1.807) is 0 Å². The highest BCUT2D eigenvalue weighted by atomic mass is 35.5. The lowest BCUT2D eigenvalue weighted by atomic mass is 10.1. The first-order valence-electron chi connectivity index (χ1n) is 10.1. The maximum atomic E-state index is 5.95. The fraction of sp³-hybridized carbons (Fsp3) is 0.280. The van der Waals surface area contributed by atoms with E-state index >= 15 is 0 Å². The van der Waals surface area contributed by atoms with E-state index in [9.17, 15) is 0 Å². The minimum atomic E-state index is 0.442. The molecule has 2 aromatic heterocycles. The Morgan fingerprint density at radius 1 is 0.897 bits per heavy atom. The van der Waals surface area contributed by atoms with Gasteiger partial charge in [0.05, 0.1) is 0 Å². The summed E-state index contributed by atoms with van der Waals surface area (Å²) in [6, 6.07) is 15.9. The maximum Gasteiger partial charge on any atom is 0.113 e. The zero-order valence-corrected chi connectivity index (χ0v) is 17.4. The van der Waals surface area contributed by atoms with E-state index in [4.69, 9.17) is 11.6 Å². The third kappa shape index (κ3) is 5.23. The van der Waals surface area contributed by atoms with Gasteiger partial charge in [0.15, 0.2) is 0 Å². The van der Waals surface area contributed by atoms with Crippen molar-refractivity contribution < 1.29 is 0 Å². The zero-order valence-electron chi connectivity index (χ0n) is 16.6. The van der Waals surface area contributed by atoms with Crippen molar-refractivity contribution in [1.29, 1.82) is 0 Å². The summed E-state index contributed by atoms with van der Waals surface area (Å²) in [6.45, 7) is 5.77. The van der Waals surface area contributed by atoms with E-state index in [0.29, 0.717) is 5.92 Å². The summed E-state index contributed by atoms with van der Waals surface area (Å²) < 4.78 is 0. The van der Waals surface area contributed by atoms with Crippen molar-refractivity contribution in [3.05, 3.63) is 82.9 Å². The molecule has 0 N–H and O–H groups in total. The van der Waals surface area contributed by atoms with E-state index in [1.165, 1.54) is 25.9 Å². The third-order valence-corrected chi connectivity index (χ3v) is 5.55. The highest BCUT2D eigenvalue weighted by Gasteiger charge is 2.16. The van der Waals surface area contributed by atoms with Gasteiger partial charge in [-0.3, -0.25) is 4.98 Å². The lowest BCUT2D eigenvalue weighted by Crippen LogP contribution is -2.24. The number of nitrogens with zero attached hydrogens (tertiary/aromatic N) is 3. The standard InChI is InChI=1S/C25H24ClN3/c1-19(18-29-14-2-3-15-29)25-13-5-20(16-28-25)4-11-24-12-8-22(17-27-24)21-6-9-23(26)10-7-21/h5-10,12-13,16-17,19H,2-3,14-15,18H2,1H3. The van der Waals surface area contributed by atoms with Crippen molar-refractivity contribution in [3.63, 3.8) is 0 Å². The predicted molar refractivity (Wildman–Crippen MR) is 119 cm³/mol. The van der Waals surface area contributed by atoms with Crippen LogP contribution in [0.15, 0.2) is 60.9 Å². The van der Waals surface area contributed by atoms with Crippen LogP contribution in [0, 0.1) is 11.8 Å². The summed E-state index contributed by atoms with van der Waals surface area (Å²) in [4.78, 5) is 11.6. The second-order valence-corrected chi connectivity index (χ2v) is 8.01. The van der Waals surface area contributed by atoms with Crippen molar-refractivity contribution in [2.75, 3.05) is 19.6 Å². The Hall–Kier alpha value is -2.67. The number of benzene rings is 1. The number of hydrogen-bond acceptors (Lipinski definition) is 3. The lowest BCUT2D eigenvalue weighted by molar-refractivity contribution is 0.319. The van der Waals surface area contributed by atoms with Gasteiger partial charge in [0, 0.05) is 46.7 Å². The Morgan fingerprint density at radius 2 is 1.66 bits per heavy atom. The number of hydrogen-bond donors (Lipinski definition) is 0. The maximum absolute atomic E-state index is 5.95. The third-order valence-electron chi connectivity index (χ3n) is 5.30. The van der Waals surface area contributed by atoms with Crippen LogP contribution in [0.5, 0.6) is 0 Å². The van der Waals surface area contributed by atoms with Crippen LogP contribution in [-0.4, -0.2) is 34.5 Å². The normalized spacial score (nSPS) is 15.0. The Labute approximate surface area is 177 Å². The van der Waals surface area contributed by atoms with Gasteiger partial charge in [0.1, 0.15) is 5.69 Å². The fourth-order valence-electron chi connectivity index (χ4n) is 3.63. The first-order chi connectivity index (χ1) is 14.2. The molecule has 1 fully saturated rings. The molecule has 4 rings (SSSR count). The number of rotatable bonds is 4. The van der Waals surface area contributed by atoms with Crippen LogP contribution in [0.1, 0.15) is 42.6 Å². The van der Waals surface area contributed by atoms with Crippen molar-refractivity contribution in [1.82, 2.24) is 14.9 Å². The zero-order chi connectivity index (χ0) is 20.1. The van der Waals surface area contributed by atoms with Crippen molar-refractivity contribution in [2.45, 2.75) is 25.7 Å². The Bertz CT molecular complexity index is 993. The van der Waals surface area contributed by atoms with Crippen LogP contribution in [0.4, 0.5) is 0 Å². The average Bonchev–Trinajstić information content (AvgIpc) is 3.27. The highest BCUT2D eigenvalue weighted by molar-refractivity contribution is 6.30. The van der Waals surface area contributed by atoms with Gasteiger partial charge in [0.25, 0.3) is 0 Å². The summed E-state index contributed by atoms with van der Waals surface area (Å²) in [5.74, 6) is 6.73. The molecule has 1 unspecified atom stereocenters. The second kappa shape index (κ2) is 9.22. The molecule has 3 aromatic rings. The Kier molecular flexibility index (Phi) is 6.24. The molecule has 0 aliphatic carbocycles. The molecule has 0 spiro atoms. The first-order valence-corrected chi connectivity index (χ1v) is 10.5.